The SMILES string of the molecule is OCCn1cc(-c2cnc3ccc(NC4(c5cc(F)ccc5O)CC4)nn23)nn1. The quantitative estimate of drug-likeness (QED) is 0.457. The maximum atomic E-state index is 13.7. The van der Waals surface area contributed by atoms with Crippen molar-refractivity contribution in [1.82, 2.24) is 29.6 Å². The van der Waals surface area contributed by atoms with Crippen LogP contribution in [0.3, 0.4) is 0 Å². The third kappa shape index (κ3) is 3.07. The Balaban J connectivity index is 1.49. The minimum absolute atomic E-state index is 0.0305. The topological polar surface area (TPSA) is 113 Å². The third-order valence-electron chi connectivity index (χ3n) is 5.08. The predicted octanol–water partition coefficient (Wildman–Crippen LogP) is 1.93. The Hall–Kier alpha value is -3.53. The molecular weight excluding hydrogens is 377 g/mol. The van der Waals surface area contributed by atoms with Gasteiger partial charge in [-0.3, -0.25) is 0 Å². The molecule has 0 bridgehead atoms. The zero-order valence-electron chi connectivity index (χ0n) is 15.3. The molecular formula is C19H18FN7O2. The average molecular weight is 395 g/mol. The standard InChI is InChI=1S/C19H18FN7O2/c20-12-1-2-16(29)13(9-12)19(5-6-19)22-17-3-4-18-21-10-15(27(18)24-17)14-11-26(7-8-28)25-23-14/h1-4,9-11,28-29H,5-8H2,(H,22,24). The summed E-state index contributed by atoms with van der Waals surface area (Å²) in [5, 5.41) is 35.3. The molecule has 5 rings (SSSR count). The van der Waals surface area contributed by atoms with Gasteiger partial charge in [-0.2, -0.15) is 0 Å². The molecule has 148 valence electrons. The molecule has 3 N–H and O–H groups in total. The van der Waals surface area contributed by atoms with Gasteiger partial charge in [0, 0.05) is 5.56 Å². The summed E-state index contributed by atoms with van der Waals surface area (Å²) in [5.41, 5.74) is 1.86. The minimum atomic E-state index is -0.544. The van der Waals surface area contributed by atoms with E-state index in [0.29, 0.717) is 35.0 Å². The molecule has 0 atom stereocenters. The first-order valence-corrected chi connectivity index (χ1v) is 9.21. The van der Waals surface area contributed by atoms with E-state index in [0.717, 1.165) is 12.8 Å². The van der Waals surface area contributed by atoms with Crippen LogP contribution in [0.4, 0.5) is 10.2 Å². The van der Waals surface area contributed by atoms with Crippen molar-refractivity contribution >= 4 is 11.5 Å². The van der Waals surface area contributed by atoms with Crippen LogP contribution in [0.2, 0.25) is 0 Å². The second-order valence-corrected chi connectivity index (χ2v) is 7.09. The number of rotatable bonds is 6. The Morgan fingerprint density at radius 2 is 2.07 bits per heavy atom. The molecule has 3 heterocycles. The van der Waals surface area contributed by atoms with Crippen molar-refractivity contribution in [2.24, 2.45) is 0 Å². The van der Waals surface area contributed by atoms with Gasteiger partial charge in [0.25, 0.3) is 0 Å². The molecule has 0 amide bonds. The van der Waals surface area contributed by atoms with E-state index in [-0.39, 0.29) is 12.4 Å². The average Bonchev–Trinajstić information content (AvgIpc) is 3.14. The van der Waals surface area contributed by atoms with Gasteiger partial charge in [0.1, 0.15) is 28.8 Å². The Labute approximate surface area is 164 Å². The van der Waals surface area contributed by atoms with E-state index >= 15 is 0 Å². The number of aromatic nitrogens is 6. The summed E-state index contributed by atoms with van der Waals surface area (Å²) in [6.07, 6.45) is 4.89. The molecule has 0 saturated heterocycles. The van der Waals surface area contributed by atoms with Crippen molar-refractivity contribution in [2.75, 3.05) is 11.9 Å². The highest BCUT2D eigenvalue weighted by Gasteiger charge is 2.46. The third-order valence-corrected chi connectivity index (χ3v) is 5.08. The van der Waals surface area contributed by atoms with E-state index in [1.807, 2.05) is 6.07 Å². The molecule has 1 aliphatic carbocycles. The molecule has 1 aromatic carbocycles. The smallest absolute Gasteiger partial charge is 0.154 e. The molecule has 4 aromatic rings. The van der Waals surface area contributed by atoms with Gasteiger partial charge in [0.15, 0.2) is 5.65 Å². The Morgan fingerprint density at radius 1 is 1.21 bits per heavy atom. The van der Waals surface area contributed by atoms with Crippen LogP contribution in [0.1, 0.15) is 18.4 Å². The lowest BCUT2D eigenvalue weighted by Gasteiger charge is -2.20. The van der Waals surface area contributed by atoms with E-state index in [9.17, 15) is 9.50 Å². The zero-order chi connectivity index (χ0) is 20.0. The highest BCUT2D eigenvalue weighted by Crippen LogP contribution is 2.51. The molecule has 0 radical (unpaired) electrons. The summed E-state index contributed by atoms with van der Waals surface area (Å²) in [4.78, 5) is 4.34. The number of aromatic hydroxyl groups is 1. The molecule has 1 aliphatic rings. The highest BCUT2D eigenvalue weighted by molar-refractivity contribution is 5.60. The van der Waals surface area contributed by atoms with Crippen LogP contribution < -0.4 is 5.32 Å². The van der Waals surface area contributed by atoms with E-state index in [1.165, 1.54) is 18.2 Å². The van der Waals surface area contributed by atoms with Crippen molar-refractivity contribution in [3.05, 3.63) is 54.1 Å². The highest BCUT2D eigenvalue weighted by atomic mass is 19.1. The van der Waals surface area contributed by atoms with Gasteiger partial charge in [-0.25, -0.2) is 18.6 Å². The first-order valence-electron chi connectivity index (χ1n) is 9.21. The number of phenolic OH excluding ortho intramolecular Hbond substituents is 1. The molecule has 0 unspecified atom stereocenters. The maximum absolute atomic E-state index is 13.7. The summed E-state index contributed by atoms with van der Waals surface area (Å²) in [7, 11) is 0. The number of aliphatic hydroxyl groups is 1. The minimum Gasteiger partial charge on any atom is -0.508 e. The van der Waals surface area contributed by atoms with Crippen LogP contribution in [-0.2, 0) is 12.1 Å². The normalized spacial score (nSPS) is 15.0. The summed E-state index contributed by atoms with van der Waals surface area (Å²) in [6, 6.07) is 7.58. The number of benzene rings is 1. The molecule has 1 fully saturated rings. The molecule has 1 saturated carbocycles. The molecule has 29 heavy (non-hydrogen) atoms. The number of nitrogens with zero attached hydrogens (tertiary/aromatic N) is 6. The zero-order valence-corrected chi connectivity index (χ0v) is 15.3. The van der Waals surface area contributed by atoms with Gasteiger partial charge in [0.05, 0.1) is 31.1 Å². The Morgan fingerprint density at radius 3 is 2.86 bits per heavy atom. The number of halogens is 1. The van der Waals surface area contributed by atoms with Crippen LogP contribution in [0.5, 0.6) is 5.75 Å². The van der Waals surface area contributed by atoms with Crippen LogP contribution in [0, 0.1) is 5.82 Å². The number of aliphatic hydroxyl groups excluding tert-OH is 1. The van der Waals surface area contributed by atoms with Crippen molar-refractivity contribution in [3.63, 3.8) is 0 Å². The van der Waals surface area contributed by atoms with E-state index in [4.69, 9.17) is 5.11 Å². The largest absolute Gasteiger partial charge is 0.508 e. The van der Waals surface area contributed by atoms with Crippen molar-refractivity contribution in [1.29, 1.82) is 0 Å². The fourth-order valence-corrected chi connectivity index (χ4v) is 3.47. The fraction of sp³-hybridized carbons (Fsp3) is 0.263. The van der Waals surface area contributed by atoms with E-state index in [1.54, 1.807) is 27.7 Å². The fourth-order valence-electron chi connectivity index (χ4n) is 3.47. The van der Waals surface area contributed by atoms with Gasteiger partial charge >= 0.3 is 0 Å². The molecule has 9 nitrogen and oxygen atoms in total. The number of hydrogen-bond donors (Lipinski definition) is 3. The van der Waals surface area contributed by atoms with Crippen LogP contribution >= 0.6 is 0 Å². The summed E-state index contributed by atoms with van der Waals surface area (Å²) < 4.78 is 16.9. The number of nitrogens with one attached hydrogen (secondary N) is 1. The maximum Gasteiger partial charge on any atom is 0.154 e. The van der Waals surface area contributed by atoms with Crippen molar-refractivity contribution in [2.45, 2.75) is 24.9 Å². The van der Waals surface area contributed by atoms with Crippen LogP contribution in [0.15, 0.2) is 42.7 Å². The second-order valence-electron chi connectivity index (χ2n) is 7.09. The first kappa shape index (κ1) is 17.6. The number of hydrogen-bond acceptors (Lipinski definition) is 7. The van der Waals surface area contributed by atoms with Gasteiger partial charge in [-0.1, -0.05) is 5.21 Å². The first-order chi connectivity index (χ1) is 14.1. The summed E-state index contributed by atoms with van der Waals surface area (Å²) in [6.45, 7) is 0.320. The Bertz CT molecular complexity index is 1200. The molecule has 0 aliphatic heterocycles. The second kappa shape index (κ2) is 6.52. The van der Waals surface area contributed by atoms with Crippen molar-refractivity contribution < 1.29 is 14.6 Å². The lowest BCUT2D eigenvalue weighted by molar-refractivity contribution is 0.268. The van der Waals surface area contributed by atoms with Crippen molar-refractivity contribution in [3.8, 4) is 17.1 Å². The molecule has 10 heteroatoms. The number of phenols is 1. The van der Waals surface area contributed by atoms with Gasteiger partial charge < -0.3 is 15.5 Å². The summed E-state index contributed by atoms with van der Waals surface area (Å²) in [5.74, 6) is 0.235. The van der Waals surface area contributed by atoms with E-state index in [2.05, 4.69) is 25.7 Å². The molecule has 3 aromatic heterocycles. The number of anilines is 1. The number of imidazole rings is 1. The van der Waals surface area contributed by atoms with Crippen LogP contribution in [-0.4, -0.2) is 46.4 Å². The van der Waals surface area contributed by atoms with Gasteiger partial charge in [-0.05, 0) is 43.2 Å². The predicted molar refractivity (Wildman–Crippen MR) is 102 cm³/mol. The lowest BCUT2D eigenvalue weighted by atomic mass is 10.0. The molecule has 0 spiro atoms. The van der Waals surface area contributed by atoms with Gasteiger partial charge in [-0.15, -0.1) is 10.2 Å². The monoisotopic (exact) mass is 395 g/mol. The van der Waals surface area contributed by atoms with Crippen LogP contribution in [0.25, 0.3) is 17.0 Å². The summed E-state index contributed by atoms with van der Waals surface area (Å²) >= 11 is 0. The van der Waals surface area contributed by atoms with E-state index < -0.39 is 11.4 Å². The Kier molecular flexibility index (Phi) is 3.95. The lowest BCUT2D eigenvalue weighted by Crippen LogP contribution is -2.20. The number of fused-ring (bicyclic) bond motifs is 1. The van der Waals surface area contributed by atoms with Gasteiger partial charge in [0.2, 0.25) is 0 Å².